The standard InChI is InChI=1S/C21H26FN5O2/c1-12(2)10-25-13(3)14(4)27-17-18(23-20(25)27)24(5)21(29)26(19(17)28)11-15-8-6-7-9-16(15)22/h6-9,12,17-18H,10-11H2,1-5H3. The monoisotopic (exact) mass is 399 g/mol. The third-order valence-electron chi connectivity index (χ3n) is 5.84. The number of likely N-dealkylation sites (N-methyl/N-ethyl adjacent to an activating group) is 1. The second kappa shape index (κ2) is 6.86. The van der Waals surface area contributed by atoms with Crippen molar-refractivity contribution in [3.05, 3.63) is 47.0 Å². The third kappa shape index (κ3) is 2.89. The number of carbonyl (C=O) groups is 2. The Morgan fingerprint density at radius 2 is 1.79 bits per heavy atom. The molecule has 1 saturated heterocycles. The number of allylic oxidation sites excluding steroid dienone is 2. The number of imide groups is 1. The molecule has 3 aliphatic rings. The van der Waals surface area contributed by atoms with Crippen LogP contribution >= 0.6 is 0 Å². The number of amides is 3. The minimum atomic E-state index is -0.633. The Bertz CT molecular complexity index is 941. The maximum Gasteiger partial charge on any atom is 0.328 e. The van der Waals surface area contributed by atoms with Crippen molar-refractivity contribution in [3.63, 3.8) is 0 Å². The van der Waals surface area contributed by atoms with Crippen LogP contribution in [-0.4, -0.2) is 63.3 Å². The molecule has 1 aromatic rings. The molecule has 0 aliphatic carbocycles. The molecule has 154 valence electrons. The number of carbonyl (C=O) groups excluding carboxylic acids is 2. The number of hydrogen-bond donors (Lipinski definition) is 0. The predicted octanol–water partition coefficient (Wildman–Crippen LogP) is 2.81. The number of fused-ring (bicyclic) bond motifs is 3. The van der Waals surface area contributed by atoms with Crippen molar-refractivity contribution in [2.45, 2.75) is 46.4 Å². The lowest BCUT2D eigenvalue weighted by atomic mass is 10.1. The van der Waals surface area contributed by atoms with Crippen molar-refractivity contribution in [2.75, 3.05) is 13.6 Å². The van der Waals surface area contributed by atoms with Crippen LogP contribution in [0.4, 0.5) is 9.18 Å². The van der Waals surface area contributed by atoms with Gasteiger partial charge in [0.15, 0.2) is 12.2 Å². The van der Waals surface area contributed by atoms with Gasteiger partial charge in [-0.3, -0.25) is 14.6 Å². The normalized spacial score (nSPS) is 24.0. The average molecular weight is 399 g/mol. The van der Waals surface area contributed by atoms with Gasteiger partial charge in [-0.1, -0.05) is 32.0 Å². The molecule has 0 aromatic heterocycles. The molecule has 0 N–H and O–H groups in total. The van der Waals surface area contributed by atoms with Gasteiger partial charge in [0.05, 0.1) is 6.54 Å². The topological polar surface area (TPSA) is 59.5 Å². The average Bonchev–Trinajstić information content (AvgIpc) is 3.17. The molecular formula is C21H26FN5O2. The number of urea groups is 1. The molecule has 0 bridgehead atoms. The number of rotatable bonds is 4. The van der Waals surface area contributed by atoms with Crippen LogP contribution < -0.4 is 0 Å². The van der Waals surface area contributed by atoms with Gasteiger partial charge in [0.1, 0.15) is 5.82 Å². The molecule has 0 spiro atoms. The Hall–Kier alpha value is -2.90. The maximum absolute atomic E-state index is 14.2. The molecular weight excluding hydrogens is 373 g/mol. The SMILES string of the molecule is CC1=C(C)N2C(=NC3C2C(=O)N(Cc2ccccc2F)C(=O)N3C)N1CC(C)C. The summed E-state index contributed by atoms with van der Waals surface area (Å²) < 4.78 is 14.2. The van der Waals surface area contributed by atoms with E-state index in [4.69, 9.17) is 4.99 Å². The molecule has 29 heavy (non-hydrogen) atoms. The van der Waals surface area contributed by atoms with Gasteiger partial charge >= 0.3 is 6.03 Å². The number of aliphatic imine (C=N–C) groups is 1. The summed E-state index contributed by atoms with van der Waals surface area (Å²) in [6.07, 6.45) is -0.584. The fourth-order valence-electron chi connectivity index (χ4n) is 4.21. The second-order valence-electron chi connectivity index (χ2n) is 8.24. The van der Waals surface area contributed by atoms with E-state index >= 15 is 0 Å². The summed E-state index contributed by atoms with van der Waals surface area (Å²) in [5, 5.41) is 0. The molecule has 2 unspecified atom stereocenters. The quantitative estimate of drug-likeness (QED) is 0.781. The minimum absolute atomic E-state index is 0.0987. The molecule has 8 heteroatoms. The first kappa shape index (κ1) is 19.4. The third-order valence-corrected chi connectivity index (χ3v) is 5.84. The highest BCUT2D eigenvalue weighted by atomic mass is 19.1. The Balaban J connectivity index is 1.68. The van der Waals surface area contributed by atoms with E-state index in [1.165, 1.54) is 11.0 Å². The fraction of sp³-hybridized carbons (Fsp3) is 0.476. The summed E-state index contributed by atoms with van der Waals surface area (Å²) in [6, 6.07) is 5.11. The molecule has 7 nitrogen and oxygen atoms in total. The van der Waals surface area contributed by atoms with E-state index in [0.717, 1.165) is 22.8 Å². The molecule has 1 aromatic carbocycles. The van der Waals surface area contributed by atoms with Gasteiger partial charge in [0.25, 0.3) is 5.91 Å². The Morgan fingerprint density at radius 3 is 2.45 bits per heavy atom. The summed E-state index contributed by atoms with van der Waals surface area (Å²) >= 11 is 0. The van der Waals surface area contributed by atoms with Crippen molar-refractivity contribution >= 4 is 17.9 Å². The second-order valence-corrected chi connectivity index (χ2v) is 8.24. The van der Waals surface area contributed by atoms with E-state index in [1.807, 2.05) is 18.7 Å². The van der Waals surface area contributed by atoms with E-state index < -0.39 is 24.1 Å². The molecule has 0 saturated carbocycles. The minimum Gasteiger partial charge on any atom is -0.314 e. The van der Waals surface area contributed by atoms with Crippen LogP contribution in [0.15, 0.2) is 40.7 Å². The molecule has 3 aliphatic heterocycles. The van der Waals surface area contributed by atoms with Crippen molar-refractivity contribution in [1.82, 2.24) is 19.6 Å². The highest BCUT2D eigenvalue weighted by molar-refractivity contribution is 6.05. The molecule has 2 atom stereocenters. The Kier molecular flexibility index (Phi) is 4.59. The van der Waals surface area contributed by atoms with Gasteiger partial charge in [0, 0.05) is 30.5 Å². The zero-order valence-electron chi connectivity index (χ0n) is 17.4. The summed E-state index contributed by atoms with van der Waals surface area (Å²) in [5.74, 6) is 0.344. The van der Waals surface area contributed by atoms with Gasteiger partial charge in [0.2, 0.25) is 5.96 Å². The summed E-state index contributed by atoms with van der Waals surface area (Å²) in [7, 11) is 1.64. The first-order valence-corrected chi connectivity index (χ1v) is 9.86. The molecule has 4 rings (SSSR count). The van der Waals surface area contributed by atoms with Crippen LogP contribution in [0.2, 0.25) is 0 Å². The lowest BCUT2D eigenvalue weighted by Crippen LogP contribution is -2.64. The lowest BCUT2D eigenvalue weighted by Gasteiger charge is -2.40. The largest absolute Gasteiger partial charge is 0.328 e. The van der Waals surface area contributed by atoms with Gasteiger partial charge < -0.3 is 9.80 Å². The summed E-state index contributed by atoms with van der Waals surface area (Å²) in [4.78, 5) is 37.7. The van der Waals surface area contributed by atoms with Crippen LogP contribution in [0.3, 0.4) is 0 Å². The highest BCUT2D eigenvalue weighted by Crippen LogP contribution is 2.38. The van der Waals surface area contributed by atoms with Gasteiger partial charge in [-0.25, -0.2) is 14.2 Å². The number of nitrogens with zero attached hydrogens (tertiary/aromatic N) is 5. The van der Waals surface area contributed by atoms with E-state index in [-0.39, 0.29) is 12.5 Å². The van der Waals surface area contributed by atoms with E-state index in [0.29, 0.717) is 17.4 Å². The first-order chi connectivity index (χ1) is 13.7. The number of guanidine groups is 1. The molecule has 3 heterocycles. The lowest BCUT2D eigenvalue weighted by molar-refractivity contribution is -0.137. The van der Waals surface area contributed by atoms with Gasteiger partial charge in [-0.2, -0.15) is 0 Å². The highest BCUT2D eigenvalue weighted by Gasteiger charge is 2.55. The van der Waals surface area contributed by atoms with Crippen molar-refractivity contribution in [1.29, 1.82) is 0 Å². The van der Waals surface area contributed by atoms with Crippen LogP contribution in [0.25, 0.3) is 0 Å². The molecule has 0 radical (unpaired) electrons. The predicted molar refractivity (Wildman–Crippen MR) is 107 cm³/mol. The summed E-state index contributed by atoms with van der Waals surface area (Å²) in [6.45, 7) is 8.93. The Morgan fingerprint density at radius 1 is 1.10 bits per heavy atom. The van der Waals surface area contributed by atoms with Crippen LogP contribution in [-0.2, 0) is 11.3 Å². The van der Waals surface area contributed by atoms with Crippen molar-refractivity contribution < 1.29 is 14.0 Å². The van der Waals surface area contributed by atoms with Crippen LogP contribution in [0, 0.1) is 11.7 Å². The smallest absolute Gasteiger partial charge is 0.314 e. The molecule has 1 fully saturated rings. The zero-order chi connectivity index (χ0) is 21.0. The zero-order valence-corrected chi connectivity index (χ0v) is 17.4. The van der Waals surface area contributed by atoms with Gasteiger partial charge in [-0.15, -0.1) is 0 Å². The van der Waals surface area contributed by atoms with Gasteiger partial charge in [-0.05, 0) is 25.8 Å². The number of benzene rings is 1. The maximum atomic E-state index is 14.2. The number of hydrogen-bond acceptors (Lipinski definition) is 5. The molecule has 3 amide bonds. The number of halogens is 1. The van der Waals surface area contributed by atoms with Crippen molar-refractivity contribution in [2.24, 2.45) is 10.9 Å². The Labute approximate surface area is 170 Å². The summed E-state index contributed by atoms with van der Waals surface area (Å²) in [5.41, 5.74) is 2.33. The fourth-order valence-corrected chi connectivity index (χ4v) is 4.21. The van der Waals surface area contributed by atoms with Crippen LogP contribution in [0.1, 0.15) is 33.3 Å². The van der Waals surface area contributed by atoms with Crippen molar-refractivity contribution in [3.8, 4) is 0 Å². The van der Waals surface area contributed by atoms with E-state index in [2.05, 4.69) is 18.7 Å². The first-order valence-electron chi connectivity index (χ1n) is 9.86. The van der Waals surface area contributed by atoms with Crippen LogP contribution in [0.5, 0.6) is 0 Å². The van der Waals surface area contributed by atoms with E-state index in [1.54, 1.807) is 25.2 Å². The van der Waals surface area contributed by atoms with E-state index in [9.17, 15) is 14.0 Å².